The topological polar surface area (TPSA) is 29.3 Å². The first-order chi connectivity index (χ1) is 9.52. The predicted molar refractivity (Wildman–Crippen MR) is 85.8 cm³/mol. The van der Waals surface area contributed by atoms with Crippen LogP contribution in [0.3, 0.4) is 0 Å². The Kier molecular flexibility index (Phi) is 4.78. The fraction of sp³-hybridized carbons (Fsp3) is 0.250. The second kappa shape index (κ2) is 6.37. The number of anilines is 2. The van der Waals surface area contributed by atoms with E-state index in [2.05, 4.69) is 27.8 Å². The van der Waals surface area contributed by atoms with Crippen molar-refractivity contribution >= 4 is 27.3 Å². The van der Waals surface area contributed by atoms with Gasteiger partial charge in [-0.25, -0.2) is 4.39 Å². The van der Waals surface area contributed by atoms with Gasteiger partial charge in [0.05, 0.1) is 5.69 Å². The van der Waals surface area contributed by atoms with Crippen LogP contribution in [0.2, 0.25) is 0 Å². The number of hydrogen-bond acceptors (Lipinski definition) is 2. The molecule has 2 rings (SSSR count). The Morgan fingerprint density at radius 2 is 1.85 bits per heavy atom. The van der Waals surface area contributed by atoms with Crippen LogP contribution in [0.5, 0.6) is 0 Å². The summed E-state index contributed by atoms with van der Waals surface area (Å²) >= 11 is 3.60. The van der Waals surface area contributed by atoms with Crippen molar-refractivity contribution in [3.05, 3.63) is 58.3 Å². The molecule has 1 atom stereocenters. The lowest BCUT2D eigenvalue weighted by Crippen LogP contribution is -2.17. The van der Waals surface area contributed by atoms with Gasteiger partial charge in [0, 0.05) is 22.7 Å². The molecule has 106 valence electrons. The lowest BCUT2D eigenvalue weighted by atomic mass is 10.1. The number of hydrogen-bond donors (Lipinski definition) is 1. The van der Waals surface area contributed by atoms with E-state index in [0.29, 0.717) is 0 Å². The van der Waals surface area contributed by atoms with Crippen LogP contribution in [0, 0.1) is 5.82 Å². The summed E-state index contributed by atoms with van der Waals surface area (Å²) < 4.78 is 14.0. The number of halogens is 2. The van der Waals surface area contributed by atoms with Crippen LogP contribution < -0.4 is 10.6 Å². The standard InChI is InChI=1S/C16H18BrFN2/c1-3-20(14-7-5-13(18)6-8-14)16-9-4-12(11(2)19)10-15(16)17/h4-11H,3,19H2,1-2H3/t11-/m0/s1. The zero-order valence-electron chi connectivity index (χ0n) is 11.6. The van der Waals surface area contributed by atoms with Gasteiger partial charge in [0.2, 0.25) is 0 Å². The lowest BCUT2D eigenvalue weighted by Gasteiger charge is -2.25. The van der Waals surface area contributed by atoms with Crippen molar-refractivity contribution in [2.45, 2.75) is 19.9 Å². The summed E-state index contributed by atoms with van der Waals surface area (Å²) in [5.41, 5.74) is 8.98. The van der Waals surface area contributed by atoms with E-state index < -0.39 is 0 Å². The van der Waals surface area contributed by atoms with Crippen molar-refractivity contribution in [1.82, 2.24) is 0 Å². The van der Waals surface area contributed by atoms with Gasteiger partial charge in [-0.15, -0.1) is 0 Å². The molecule has 0 spiro atoms. The fourth-order valence-corrected chi connectivity index (χ4v) is 2.75. The van der Waals surface area contributed by atoms with Crippen LogP contribution in [-0.4, -0.2) is 6.54 Å². The second-order valence-electron chi connectivity index (χ2n) is 4.72. The summed E-state index contributed by atoms with van der Waals surface area (Å²) in [4.78, 5) is 2.12. The third-order valence-electron chi connectivity index (χ3n) is 3.24. The summed E-state index contributed by atoms with van der Waals surface area (Å²) in [6.07, 6.45) is 0. The first-order valence-electron chi connectivity index (χ1n) is 6.61. The highest BCUT2D eigenvalue weighted by molar-refractivity contribution is 9.10. The van der Waals surface area contributed by atoms with Crippen molar-refractivity contribution in [3.8, 4) is 0 Å². The molecule has 0 aliphatic carbocycles. The third-order valence-corrected chi connectivity index (χ3v) is 3.88. The third kappa shape index (κ3) is 3.19. The number of rotatable bonds is 4. The van der Waals surface area contributed by atoms with Gasteiger partial charge in [-0.2, -0.15) is 0 Å². The van der Waals surface area contributed by atoms with E-state index >= 15 is 0 Å². The zero-order chi connectivity index (χ0) is 14.7. The quantitative estimate of drug-likeness (QED) is 0.871. The van der Waals surface area contributed by atoms with Crippen molar-refractivity contribution in [1.29, 1.82) is 0 Å². The van der Waals surface area contributed by atoms with Gasteiger partial charge >= 0.3 is 0 Å². The maximum atomic E-state index is 13.0. The van der Waals surface area contributed by atoms with Crippen LogP contribution in [-0.2, 0) is 0 Å². The van der Waals surface area contributed by atoms with Gasteiger partial charge in [0.25, 0.3) is 0 Å². The molecule has 0 aliphatic heterocycles. The van der Waals surface area contributed by atoms with Gasteiger partial charge in [0.1, 0.15) is 5.82 Å². The monoisotopic (exact) mass is 336 g/mol. The van der Waals surface area contributed by atoms with E-state index in [0.717, 1.165) is 28.0 Å². The molecule has 0 saturated carbocycles. The highest BCUT2D eigenvalue weighted by atomic mass is 79.9. The van der Waals surface area contributed by atoms with Crippen molar-refractivity contribution in [2.75, 3.05) is 11.4 Å². The van der Waals surface area contributed by atoms with E-state index in [9.17, 15) is 4.39 Å². The van der Waals surface area contributed by atoms with E-state index in [4.69, 9.17) is 5.73 Å². The minimum atomic E-state index is -0.226. The number of nitrogens with two attached hydrogens (primary N) is 1. The Bertz CT molecular complexity index is 582. The highest BCUT2D eigenvalue weighted by Crippen LogP contribution is 2.33. The van der Waals surface area contributed by atoms with Gasteiger partial charge < -0.3 is 10.6 Å². The van der Waals surface area contributed by atoms with Crippen LogP contribution in [0.1, 0.15) is 25.5 Å². The summed E-state index contributed by atoms with van der Waals surface area (Å²) in [6, 6.07) is 12.6. The predicted octanol–water partition coefficient (Wildman–Crippen LogP) is 4.77. The van der Waals surface area contributed by atoms with Crippen LogP contribution in [0.15, 0.2) is 46.9 Å². The molecular formula is C16H18BrFN2. The van der Waals surface area contributed by atoms with Crippen LogP contribution in [0.25, 0.3) is 0 Å². The molecule has 0 aliphatic rings. The van der Waals surface area contributed by atoms with E-state index in [-0.39, 0.29) is 11.9 Å². The molecule has 0 bridgehead atoms. The molecule has 0 saturated heterocycles. The van der Waals surface area contributed by atoms with E-state index in [1.807, 2.05) is 25.1 Å². The molecule has 20 heavy (non-hydrogen) atoms. The smallest absolute Gasteiger partial charge is 0.123 e. The molecule has 0 fully saturated rings. The number of benzene rings is 2. The molecule has 2 aromatic carbocycles. The summed E-state index contributed by atoms with van der Waals surface area (Å²) in [6.45, 7) is 4.82. The summed E-state index contributed by atoms with van der Waals surface area (Å²) in [7, 11) is 0. The van der Waals surface area contributed by atoms with Gasteiger partial charge in [0.15, 0.2) is 0 Å². The summed E-state index contributed by atoms with van der Waals surface area (Å²) in [5, 5.41) is 0. The largest absolute Gasteiger partial charge is 0.341 e. The van der Waals surface area contributed by atoms with Gasteiger partial charge in [-0.05, 0) is 71.7 Å². The Balaban J connectivity index is 2.39. The highest BCUT2D eigenvalue weighted by Gasteiger charge is 2.12. The van der Waals surface area contributed by atoms with E-state index in [1.54, 1.807) is 12.1 Å². The maximum absolute atomic E-state index is 13.0. The van der Waals surface area contributed by atoms with Crippen molar-refractivity contribution in [2.24, 2.45) is 5.73 Å². The minimum absolute atomic E-state index is 0.00116. The first-order valence-corrected chi connectivity index (χ1v) is 7.40. The normalized spacial score (nSPS) is 12.2. The Hall–Kier alpha value is -1.39. The number of nitrogens with zero attached hydrogens (tertiary/aromatic N) is 1. The van der Waals surface area contributed by atoms with Gasteiger partial charge in [-0.3, -0.25) is 0 Å². The fourth-order valence-electron chi connectivity index (χ4n) is 2.14. The second-order valence-corrected chi connectivity index (χ2v) is 5.57. The van der Waals surface area contributed by atoms with E-state index in [1.165, 1.54) is 12.1 Å². The molecule has 0 heterocycles. The summed E-state index contributed by atoms with van der Waals surface area (Å²) in [5.74, 6) is -0.226. The van der Waals surface area contributed by atoms with Crippen LogP contribution in [0.4, 0.5) is 15.8 Å². The minimum Gasteiger partial charge on any atom is -0.341 e. The average molecular weight is 337 g/mol. The maximum Gasteiger partial charge on any atom is 0.123 e. The molecule has 4 heteroatoms. The Morgan fingerprint density at radius 1 is 1.20 bits per heavy atom. The molecule has 2 aromatic rings. The molecule has 0 unspecified atom stereocenters. The first kappa shape index (κ1) is 15.0. The average Bonchev–Trinajstić information content (AvgIpc) is 2.43. The molecule has 2 N–H and O–H groups in total. The molecular weight excluding hydrogens is 319 g/mol. The molecule has 2 nitrogen and oxygen atoms in total. The SMILES string of the molecule is CCN(c1ccc(F)cc1)c1ccc([C@H](C)N)cc1Br. The van der Waals surface area contributed by atoms with Gasteiger partial charge in [-0.1, -0.05) is 6.07 Å². The lowest BCUT2D eigenvalue weighted by molar-refractivity contribution is 0.628. The Labute approximate surface area is 127 Å². The zero-order valence-corrected chi connectivity index (χ0v) is 13.2. The van der Waals surface area contributed by atoms with Crippen molar-refractivity contribution < 1.29 is 4.39 Å². The Morgan fingerprint density at radius 3 is 2.35 bits per heavy atom. The van der Waals surface area contributed by atoms with Crippen molar-refractivity contribution in [3.63, 3.8) is 0 Å². The molecule has 0 radical (unpaired) electrons. The molecule has 0 amide bonds. The molecule has 0 aromatic heterocycles. The van der Waals surface area contributed by atoms with Crippen LogP contribution >= 0.6 is 15.9 Å².